The topological polar surface area (TPSA) is 121 Å². The third-order valence-electron chi connectivity index (χ3n) is 1.83. The molecule has 0 saturated heterocycles. The van der Waals surface area contributed by atoms with Crippen LogP contribution in [0.25, 0.3) is 0 Å². The van der Waals surface area contributed by atoms with Crippen LogP contribution in [-0.2, 0) is 10.1 Å². The number of rotatable bonds is 5. The maximum Gasteiger partial charge on any atom is 0.339 e. The summed E-state index contributed by atoms with van der Waals surface area (Å²) in [5.74, 6) is -1.54. The van der Waals surface area contributed by atoms with E-state index in [1.54, 1.807) is 0 Å². The van der Waals surface area contributed by atoms with E-state index in [4.69, 9.17) is 19.5 Å². The van der Waals surface area contributed by atoms with Gasteiger partial charge in [0, 0.05) is 6.07 Å². The minimum absolute atomic E-state index is 0.185. The maximum absolute atomic E-state index is 10.8. The predicted octanol–water partition coefficient (Wildman–Crippen LogP) is 0.00260. The molecule has 0 aliphatic carbocycles. The number of aliphatic hydroxyl groups excluding tert-OH is 1. The first-order chi connectivity index (χ1) is 7.86. The Labute approximate surface area is 97.0 Å². The fourth-order valence-electron chi connectivity index (χ4n) is 1.11. The number of aliphatic hydroxyl groups is 1. The van der Waals surface area contributed by atoms with Gasteiger partial charge in [-0.15, -0.1) is 0 Å². The molecule has 0 heterocycles. The maximum atomic E-state index is 10.8. The number of ether oxygens (including phenoxy) is 1. The zero-order chi connectivity index (χ0) is 13.1. The largest absolute Gasteiger partial charge is 0.490 e. The molecule has 1 rings (SSSR count). The van der Waals surface area contributed by atoms with E-state index < -0.39 is 21.0 Å². The molecule has 8 heteroatoms. The summed E-state index contributed by atoms with van der Waals surface area (Å²) in [7, 11) is -4.43. The van der Waals surface area contributed by atoms with Gasteiger partial charge in [0.15, 0.2) is 0 Å². The molecule has 0 saturated carbocycles. The quantitative estimate of drug-likeness (QED) is 0.638. The van der Waals surface area contributed by atoms with Gasteiger partial charge in [0.1, 0.15) is 17.9 Å². The van der Waals surface area contributed by atoms with E-state index >= 15 is 0 Å². The fraction of sp³-hybridized carbons (Fsp3) is 0.222. The van der Waals surface area contributed by atoms with Gasteiger partial charge in [-0.05, 0) is 12.1 Å². The molecule has 0 aliphatic rings. The summed E-state index contributed by atoms with van der Waals surface area (Å²) in [6.45, 7) is -0.537. The van der Waals surface area contributed by atoms with Gasteiger partial charge in [-0.2, -0.15) is 8.42 Å². The molecule has 0 unspecified atom stereocenters. The molecular formula is C9H10O7S. The zero-order valence-corrected chi connectivity index (χ0v) is 9.35. The standard InChI is InChI=1S/C9H10O7S/c10-3-4-16-8-5-6(17(13,14)15)1-2-7(8)9(11)12/h1-2,5,10H,3-4H2,(H,11,12)(H,13,14,15). The Hall–Kier alpha value is -1.64. The second-order valence-electron chi connectivity index (χ2n) is 3.01. The summed E-state index contributed by atoms with van der Waals surface area (Å²) in [6, 6.07) is 2.83. The van der Waals surface area contributed by atoms with Gasteiger partial charge < -0.3 is 14.9 Å². The highest BCUT2D eigenvalue weighted by atomic mass is 32.2. The van der Waals surface area contributed by atoms with Gasteiger partial charge in [0.05, 0.1) is 11.5 Å². The van der Waals surface area contributed by atoms with Gasteiger partial charge in [0.25, 0.3) is 10.1 Å². The van der Waals surface area contributed by atoms with Gasteiger partial charge in [-0.1, -0.05) is 0 Å². The normalized spacial score (nSPS) is 11.2. The molecule has 0 aromatic heterocycles. The highest BCUT2D eigenvalue weighted by Crippen LogP contribution is 2.23. The van der Waals surface area contributed by atoms with E-state index in [0.29, 0.717) is 0 Å². The van der Waals surface area contributed by atoms with E-state index in [1.807, 2.05) is 0 Å². The Bertz CT molecular complexity index is 520. The fourth-order valence-corrected chi connectivity index (χ4v) is 1.61. The van der Waals surface area contributed by atoms with Crippen molar-refractivity contribution >= 4 is 16.1 Å². The van der Waals surface area contributed by atoms with Gasteiger partial charge in [-0.3, -0.25) is 4.55 Å². The van der Waals surface area contributed by atoms with E-state index in [-0.39, 0.29) is 24.5 Å². The average molecular weight is 262 g/mol. The molecule has 0 bridgehead atoms. The highest BCUT2D eigenvalue weighted by Gasteiger charge is 2.17. The van der Waals surface area contributed by atoms with Crippen LogP contribution in [0, 0.1) is 0 Å². The predicted molar refractivity (Wildman–Crippen MR) is 55.8 cm³/mol. The van der Waals surface area contributed by atoms with E-state index in [2.05, 4.69) is 0 Å². The van der Waals surface area contributed by atoms with Crippen LogP contribution in [0.5, 0.6) is 5.75 Å². The average Bonchev–Trinajstić information content (AvgIpc) is 2.24. The Balaban J connectivity index is 3.24. The summed E-state index contributed by atoms with van der Waals surface area (Å²) in [6.07, 6.45) is 0. The van der Waals surface area contributed by atoms with Gasteiger partial charge in [0.2, 0.25) is 0 Å². The first-order valence-electron chi connectivity index (χ1n) is 4.44. The van der Waals surface area contributed by atoms with Crippen molar-refractivity contribution in [3.05, 3.63) is 23.8 Å². The Morgan fingerprint density at radius 1 is 1.35 bits per heavy atom. The third kappa shape index (κ3) is 3.41. The van der Waals surface area contributed by atoms with Crippen LogP contribution in [0.1, 0.15) is 10.4 Å². The van der Waals surface area contributed by atoms with Crippen LogP contribution in [0.3, 0.4) is 0 Å². The molecule has 0 aliphatic heterocycles. The van der Waals surface area contributed by atoms with Crippen molar-refractivity contribution in [1.82, 2.24) is 0 Å². The molecule has 0 radical (unpaired) electrons. The lowest BCUT2D eigenvalue weighted by atomic mass is 10.2. The SMILES string of the molecule is O=C(O)c1ccc(S(=O)(=O)O)cc1OCCO. The van der Waals surface area contributed by atoms with Crippen LogP contribution >= 0.6 is 0 Å². The lowest BCUT2D eigenvalue weighted by molar-refractivity contribution is 0.0690. The second kappa shape index (κ2) is 5.13. The molecule has 3 N–H and O–H groups in total. The minimum Gasteiger partial charge on any atom is -0.490 e. The molecule has 0 spiro atoms. The van der Waals surface area contributed by atoms with Crippen molar-refractivity contribution in [3.8, 4) is 5.75 Å². The van der Waals surface area contributed by atoms with Crippen molar-refractivity contribution < 1.29 is 32.7 Å². The highest BCUT2D eigenvalue weighted by molar-refractivity contribution is 7.85. The number of hydrogen-bond acceptors (Lipinski definition) is 5. The molecular weight excluding hydrogens is 252 g/mol. The number of carboxylic acids is 1. The minimum atomic E-state index is -4.43. The van der Waals surface area contributed by atoms with Gasteiger partial charge in [-0.25, -0.2) is 4.79 Å². The lowest BCUT2D eigenvalue weighted by Crippen LogP contribution is -2.08. The molecule has 94 valence electrons. The number of benzene rings is 1. The second-order valence-corrected chi connectivity index (χ2v) is 4.43. The first-order valence-corrected chi connectivity index (χ1v) is 5.88. The van der Waals surface area contributed by atoms with Crippen LogP contribution in [0.2, 0.25) is 0 Å². The lowest BCUT2D eigenvalue weighted by Gasteiger charge is -2.08. The number of carboxylic acid groups (broad SMARTS) is 1. The molecule has 1 aromatic rings. The summed E-state index contributed by atoms with van der Waals surface area (Å²) < 4.78 is 35.4. The Morgan fingerprint density at radius 3 is 2.47 bits per heavy atom. The van der Waals surface area contributed by atoms with Crippen LogP contribution in [0.15, 0.2) is 23.1 Å². The monoisotopic (exact) mass is 262 g/mol. The number of carbonyl (C=O) groups is 1. The van der Waals surface area contributed by atoms with Crippen LogP contribution in [0.4, 0.5) is 0 Å². The van der Waals surface area contributed by atoms with Crippen LogP contribution in [-0.4, -0.2) is 42.4 Å². The Morgan fingerprint density at radius 2 is 2.00 bits per heavy atom. The summed E-state index contributed by atoms with van der Waals surface area (Å²) >= 11 is 0. The molecule has 0 fully saturated rings. The molecule has 7 nitrogen and oxygen atoms in total. The van der Waals surface area contributed by atoms with Crippen molar-refractivity contribution in [2.24, 2.45) is 0 Å². The van der Waals surface area contributed by atoms with E-state index in [0.717, 1.165) is 18.2 Å². The molecule has 1 aromatic carbocycles. The van der Waals surface area contributed by atoms with E-state index in [1.165, 1.54) is 0 Å². The molecule has 0 amide bonds. The molecule has 17 heavy (non-hydrogen) atoms. The van der Waals surface area contributed by atoms with Crippen LogP contribution < -0.4 is 4.74 Å². The van der Waals surface area contributed by atoms with Crippen molar-refractivity contribution in [2.75, 3.05) is 13.2 Å². The zero-order valence-electron chi connectivity index (χ0n) is 8.53. The van der Waals surface area contributed by atoms with Crippen molar-refractivity contribution in [2.45, 2.75) is 4.90 Å². The van der Waals surface area contributed by atoms with Gasteiger partial charge >= 0.3 is 5.97 Å². The smallest absolute Gasteiger partial charge is 0.339 e. The van der Waals surface area contributed by atoms with Crippen molar-refractivity contribution in [1.29, 1.82) is 0 Å². The van der Waals surface area contributed by atoms with E-state index in [9.17, 15) is 13.2 Å². The number of aromatic carboxylic acids is 1. The summed E-state index contributed by atoms with van der Waals surface area (Å²) in [4.78, 5) is 10.3. The first kappa shape index (κ1) is 13.4. The Kier molecular flexibility index (Phi) is 4.05. The third-order valence-corrected chi connectivity index (χ3v) is 2.68. The number of hydrogen-bond donors (Lipinski definition) is 3. The van der Waals surface area contributed by atoms with Crippen molar-refractivity contribution in [3.63, 3.8) is 0 Å². The summed E-state index contributed by atoms with van der Waals surface area (Å²) in [5.41, 5.74) is -0.258. The molecule has 0 atom stereocenters. The summed E-state index contributed by atoms with van der Waals surface area (Å²) in [5, 5.41) is 17.4.